The smallest absolute Gasteiger partial charge is 0.227 e. The summed E-state index contributed by atoms with van der Waals surface area (Å²) in [5.41, 5.74) is 6.64. The molecule has 0 radical (unpaired) electrons. The lowest BCUT2D eigenvalue weighted by Crippen LogP contribution is -2.79. The number of benzene rings is 1. The van der Waals surface area contributed by atoms with Gasteiger partial charge in [0.15, 0.2) is 0 Å². The fourth-order valence-corrected chi connectivity index (χ4v) is 4.06. The Morgan fingerprint density at radius 2 is 2.17 bits per heavy atom. The average Bonchev–Trinajstić information content (AvgIpc) is 2.85. The van der Waals surface area contributed by atoms with E-state index in [1.54, 1.807) is 6.20 Å². The molecule has 1 aliphatic rings. The van der Waals surface area contributed by atoms with E-state index in [2.05, 4.69) is 39.0 Å². The van der Waals surface area contributed by atoms with Crippen LogP contribution in [0.5, 0.6) is 0 Å². The normalized spacial score (nSPS) is 12.6. The van der Waals surface area contributed by atoms with Crippen molar-refractivity contribution in [2.75, 3.05) is 24.2 Å². The van der Waals surface area contributed by atoms with Gasteiger partial charge in [-0.2, -0.15) is 0 Å². The van der Waals surface area contributed by atoms with Crippen LogP contribution in [0.1, 0.15) is 23.2 Å². The van der Waals surface area contributed by atoms with Crippen molar-refractivity contribution in [2.45, 2.75) is 26.2 Å². The van der Waals surface area contributed by atoms with Gasteiger partial charge in [-0.3, -0.25) is 4.98 Å². The van der Waals surface area contributed by atoms with Gasteiger partial charge in [-0.1, -0.05) is 23.8 Å². The number of nitrogens with two attached hydrogens (primary N) is 1. The molecule has 4 N–H and O–H groups in total. The highest BCUT2D eigenvalue weighted by molar-refractivity contribution is 7.80. The molecule has 8 heteroatoms. The lowest BCUT2D eigenvalue weighted by Gasteiger charge is -2.14. The van der Waals surface area contributed by atoms with E-state index >= 15 is 0 Å². The first kappa shape index (κ1) is 20.7. The maximum Gasteiger partial charge on any atom is 0.227 e. The number of quaternary nitrogens is 1. The molecule has 0 bridgehead atoms. The van der Waals surface area contributed by atoms with Crippen LogP contribution in [0, 0.1) is 6.92 Å². The summed E-state index contributed by atoms with van der Waals surface area (Å²) in [6.45, 7) is 3.01. The van der Waals surface area contributed by atoms with Gasteiger partial charge in [0.2, 0.25) is 5.95 Å². The number of pyridine rings is 1. The van der Waals surface area contributed by atoms with Crippen molar-refractivity contribution < 1.29 is 5.32 Å². The Morgan fingerprint density at radius 1 is 1.30 bits per heavy atom. The van der Waals surface area contributed by atoms with Crippen LogP contribution < -0.4 is 16.0 Å². The van der Waals surface area contributed by atoms with Crippen LogP contribution in [-0.2, 0) is 12.8 Å². The maximum absolute atomic E-state index is 6.58. The maximum atomic E-state index is 6.58. The highest BCUT2D eigenvalue weighted by Crippen LogP contribution is 2.37. The number of aryl methyl sites for hydroxylation is 2. The van der Waals surface area contributed by atoms with E-state index < -0.39 is 0 Å². The Balaban J connectivity index is 1.76. The monoisotopic (exact) mass is 439 g/mol. The van der Waals surface area contributed by atoms with Crippen molar-refractivity contribution in [1.82, 2.24) is 15.0 Å². The SMILES string of the molecule is C[NH2+]CCCc1cc2c(cc1Cl)NC(=S)Cc1cnc(Nc3cccnc3C)nc1-2. The van der Waals surface area contributed by atoms with Gasteiger partial charge in [-0.25, -0.2) is 9.97 Å². The van der Waals surface area contributed by atoms with Gasteiger partial charge in [0.1, 0.15) is 0 Å². The second-order valence-electron chi connectivity index (χ2n) is 7.34. The molecule has 1 aliphatic heterocycles. The number of halogens is 1. The summed E-state index contributed by atoms with van der Waals surface area (Å²) in [4.78, 5) is 14.4. The van der Waals surface area contributed by atoms with E-state index in [1.165, 1.54) is 0 Å². The highest BCUT2D eigenvalue weighted by atomic mass is 35.5. The molecule has 0 saturated heterocycles. The topological polar surface area (TPSA) is 79.3 Å². The van der Waals surface area contributed by atoms with E-state index in [0.717, 1.165) is 68.9 Å². The van der Waals surface area contributed by atoms with Crippen LogP contribution in [0.25, 0.3) is 11.3 Å². The second-order valence-corrected chi connectivity index (χ2v) is 8.24. The molecule has 0 saturated carbocycles. The van der Waals surface area contributed by atoms with Gasteiger partial charge in [-0.15, -0.1) is 0 Å². The third-order valence-corrected chi connectivity index (χ3v) is 5.72. The van der Waals surface area contributed by atoms with Gasteiger partial charge in [0.05, 0.1) is 35.7 Å². The minimum absolute atomic E-state index is 0.528. The summed E-state index contributed by atoms with van der Waals surface area (Å²) < 4.78 is 0. The summed E-state index contributed by atoms with van der Waals surface area (Å²) in [6.07, 6.45) is 6.18. The summed E-state index contributed by atoms with van der Waals surface area (Å²) in [5, 5.41) is 9.54. The van der Waals surface area contributed by atoms with Crippen LogP contribution in [0.4, 0.5) is 17.3 Å². The molecular weight excluding hydrogens is 416 g/mol. The van der Waals surface area contributed by atoms with E-state index in [4.69, 9.17) is 28.8 Å². The first-order chi connectivity index (χ1) is 14.5. The Labute approximate surface area is 186 Å². The van der Waals surface area contributed by atoms with Crippen LogP contribution in [0.15, 0.2) is 36.7 Å². The van der Waals surface area contributed by atoms with Crippen molar-refractivity contribution in [1.29, 1.82) is 0 Å². The number of thiocarbonyl (C=S) groups is 1. The number of hydrogen-bond acceptors (Lipinski definition) is 5. The number of hydrogen-bond donors (Lipinski definition) is 3. The van der Waals surface area contributed by atoms with Crippen molar-refractivity contribution >= 4 is 46.1 Å². The predicted octanol–water partition coefficient (Wildman–Crippen LogP) is 3.67. The molecule has 3 heterocycles. The highest BCUT2D eigenvalue weighted by Gasteiger charge is 2.21. The van der Waals surface area contributed by atoms with Crippen molar-refractivity contribution in [2.24, 2.45) is 0 Å². The van der Waals surface area contributed by atoms with Gasteiger partial charge in [-0.05, 0) is 43.2 Å². The summed E-state index contributed by atoms with van der Waals surface area (Å²) >= 11 is 12.1. The summed E-state index contributed by atoms with van der Waals surface area (Å²) in [7, 11) is 2.08. The Kier molecular flexibility index (Phi) is 6.22. The van der Waals surface area contributed by atoms with Gasteiger partial charge in [0.25, 0.3) is 0 Å². The van der Waals surface area contributed by atoms with Gasteiger partial charge in [0, 0.05) is 47.1 Å². The molecule has 0 amide bonds. The van der Waals surface area contributed by atoms with Crippen LogP contribution in [0.2, 0.25) is 5.02 Å². The number of anilines is 3. The standard InChI is InChI=1S/C22H23ClN6S/c1-13-18(6-4-8-25-13)28-22-26-12-15-10-20(30)27-19-11-17(23)14(5-3-7-24-2)9-16(19)21(15)29-22/h4,6,8-9,11-12,24H,3,5,7,10H2,1-2H3,(H,27,30)(H,26,28,29)/p+1. The zero-order valence-corrected chi connectivity index (χ0v) is 18.6. The van der Waals surface area contributed by atoms with E-state index in [1.807, 2.05) is 31.3 Å². The lowest BCUT2D eigenvalue weighted by molar-refractivity contribution is -0.627. The molecular formula is C22H24ClN6S+. The van der Waals surface area contributed by atoms with Crippen LogP contribution >= 0.6 is 23.8 Å². The molecule has 0 unspecified atom stereocenters. The summed E-state index contributed by atoms with van der Waals surface area (Å²) in [6, 6.07) is 7.95. The third kappa shape index (κ3) is 4.43. The van der Waals surface area contributed by atoms with Gasteiger partial charge < -0.3 is 16.0 Å². The van der Waals surface area contributed by atoms with Crippen molar-refractivity contribution in [3.63, 3.8) is 0 Å². The minimum Gasteiger partial charge on any atom is -0.349 e. The molecule has 4 rings (SSSR count). The minimum atomic E-state index is 0.528. The molecule has 1 aromatic carbocycles. The zero-order valence-electron chi connectivity index (χ0n) is 17.0. The van der Waals surface area contributed by atoms with Crippen LogP contribution in [0.3, 0.4) is 0 Å². The molecule has 0 spiro atoms. The Bertz CT molecular complexity index is 1100. The first-order valence-corrected chi connectivity index (χ1v) is 10.8. The van der Waals surface area contributed by atoms with E-state index in [9.17, 15) is 0 Å². The molecule has 30 heavy (non-hydrogen) atoms. The molecule has 6 nitrogen and oxygen atoms in total. The Morgan fingerprint density at radius 3 is 2.97 bits per heavy atom. The number of fused-ring (bicyclic) bond motifs is 3. The largest absolute Gasteiger partial charge is 0.349 e. The van der Waals surface area contributed by atoms with Gasteiger partial charge >= 0.3 is 0 Å². The number of aromatic nitrogens is 3. The fourth-order valence-electron chi connectivity index (χ4n) is 3.54. The Hall–Kier alpha value is -2.61. The molecule has 0 fully saturated rings. The predicted molar refractivity (Wildman–Crippen MR) is 126 cm³/mol. The molecule has 2 aromatic heterocycles. The van der Waals surface area contributed by atoms with Crippen LogP contribution in [-0.4, -0.2) is 33.5 Å². The van der Waals surface area contributed by atoms with E-state index in [0.29, 0.717) is 12.4 Å². The zero-order chi connectivity index (χ0) is 21.1. The van der Waals surface area contributed by atoms with E-state index in [-0.39, 0.29) is 0 Å². The molecule has 3 aromatic rings. The number of nitrogens with zero attached hydrogens (tertiary/aromatic N) is 3. The number of nitrogens with one attached hydrogen (secondary N) is 2. The molecule has 0 aliphatic carbocycles. The van der Waals surface area contributed by atoms with Crippen molar-refractivity contribution in [3.05, 3.63) is 58.5 Å². The number of rotatable bonds is 6. The average molecular weight is 440 g/mol. The first-order valence-electron chi connectivity index (χ1n) is 10.00. The second kappa shape index (κ2) is 9.04. The molecule has 154 valence electrons. The molecule has 0 atom stereocenters. The summed E-state index contributed by atoms with van der Waals surface area (Å²) in [5.74, 6) is 0.528. The quantitative estimate of drug-likeness (QED) is 0.401. The lowest BCUT2D eigenvalue weighted by atomic mass is 10.00. The fraction of sp³-hybridized carbons (Fsp3) is 0.273. The van der Waals surface area contributed by atoms with Crippen molar-refractivity contribution in [3.8, 4) is 11.3 Å². The third-order valence-electron chi connectivity index (χ3n) is 5.12.